The number of hydrogen-bond acceptors (Lipinski definition) is 4. The molecule has 7 heteroatoms. The number of hydrogen-bond donors (Lipinski definition) is 1. The maximum Gasteiger partial charge on any atom is 0.255 e. The van der Waals surface area contributed by atoms with E-state index in [4.69, 9.17) is 4.74 Å². The van der Waals surface area contributed by atoms with Crippen LogP contribution in [0.3, 0.4) is 0 Å². The van der Waals surface area contributed by atoms with Gasteiger partial charge in [0.2, 0.25) is 5.91 Å². The number of carbonyl (C=O) groups excluding carboxylic acids is 3. The average molecular weight is 421 g/mol. The summed E-state index contributed by atoms with van der Waals surface area (Å²) in [5.74, 6) is -0.0588. The molecule has 31 heavy (non-hydrogen) atoms. The maximum atomic E-state index is 12.9. The lowest BCUT2D eigenvalue weighted by atomic mass is 9.94. The molecule has 2 saturated heterocycles. The highest BCUT2D eigenvalue weighted by Gasteiger charge is 2.31. The number of anilines is 1. The van der Waals surface area contributed by atoms with Crippen molar-refractivity contribution in [2.75, 3.05) is 44.7 Å². The molecule has 0 aliphatic carbocycles. The van der Waals surface area contributed by atoms with E-state index in [9.17, 15) is 14.4 Å². The normalized spacial score (nSPS) is 17.3. The van der Waals surface area contributed by atoms with Gasteiger partial charge < -0.3 is 19.9 Å². The Morgan fingerprint density at radius 1 is 0.774 bits per heavy atom. The molecular formula is C24H27N3O4. The van der Waals surface area contributed by atoms with Crippen molar-refractivity contribution in [3.63, 3.8) is 0 Å². The first-order valence-electron chi connectivity index (χ1n) is 10.7. The fourth-order valence-electron chi connectivity index (χ4n) is 4.04. The van der Waals surface area contributed by atoms with E-state index in [2.05, 4.69) is 5.32 Å². The van der Waals surface area contributed by atoms with Gasteiger partial charge in [0.05, 0.1) is 13.2 Å². The molecule has 0 atom stereocenters. The summed E-state index contributed by atoms with van der Waals surface area (Å²) in [5.41, 5.74) is 1.80. The number of amides is 3. The van der Waals surface area contributed by atoms with Gasteiger partial charge in [0.25, 0.3) is 11.8 Å². The second-order valence-electron chi connectivity index (χ2n) is 7.90. The summed E-state index contributed by atoms with van der Waals surface area (Å²) in [6, 6.07) is 15.9. The van der Waals surface area contributed by atoms with Crippen LogP contribution >= 0.6 is 0 Å². The van der Waals surface area contributed by atoms with E-state index in [-0.39, 0.29) is 23.6 Å². The second-order valence-corrected chi connectivity index (χ2v) is 7.90. The molecule has 162 valence electrons. The number of benzene rings is 2. The van der Waals surface area contributed by atoms with Gasteiger partial charge in [-0.2, -0.15) is 0 Å². The highest BCUT2D eigenvalue weighted by atomic mass is 16.5. The van der Waals surface area contributed by atoms with Crippen LogP contribution in [0.15, 0.2) is 54.6 Å². The summed E-state index contributed by atoms with van der Waals surface area (Å²) in [6.45, 7) is 3.67. The van der Waals surface area contributed by atoms with Crippen molar-refractivity contribution in [3.8, 4) is 0 Å². The molecule has 2 aromatic rings. The van der Waals surface area contributed by atoms with Crippen LogP contribution in [0.1, 0.15) is 33.6 Å². The number of piperidine rings is 1. The summed E-state index contributed by atoms with van der Waals surface area (Å²) < 4.78 is 5.32. The highest BCUT2D eigenvalue weighted by Crippen LogP contribution is 2.22. The molecule has 4 rings (SSSR count). The zero-order valence-corrected chi connectivity index (χ0v) is 17.5. The zero-order chi connectivity index (χ0) is 21.6. The Balaban J connectivity index is 1.30. The number of nitrogens with zero attached hydrogens (tertiary/aromatic N) is 2. The molecule has 0 spiro atoms. The number of likely N-dealkylation sites (tertiary alicyclic amines) is 1. The standard InChI is InChI=1S/C24H27N3O4/c28-22(18-4-2-1-3-5-18)25-21-8-6-19(7-9-21)23(29)26-12-10-20(11-13-26)24(30)27-14-16-31-17-15-27/h1-9,20H,10-17H2,(H,25,28). The van der Waals surface area contributed by atoms with Crippen LogP contribution in [-0.4, -0.2) is 66.9 Å². The monoisotopic (exact) mass is 421 g/mol. The molecule has 1 N–H and O–H groups in total. The SMILES string of the molecule is O=C(Nc1ccc(C(=O)N2CCC(C(=O)N3CCOCC3)CC2)cc1)c1ccccc1. The Labute approximate surface area is 182 Å². The molecule has 2 aromatic carbocycles. The van der Waals surface area contributed by atoms with Gasteiger partial charge in [0.1, 0.15) is 0 Å². The van der Waals surface area contributed by atoms with Crippen LogP contribution in [0.25, 0.3) is 0 Å². The lowest BCUT2D eigenvalue weighted by molar-refractivity contribution is -0.141. The van der Waals surface area contributed by atoms with Crippen LogP contribution in [0.2, 0.25) is 0 Å². The predicted molar refractivity (Wildman–Crippen MR) is 117 cm³/mol. The number of rotatable bonds is 4. The topological polar surface area (TPSA) is 79.0 Å². The molecule has 0 aromatic heterocycles. The Bertz CT molecular complexity index is 916. The van der Waals surface area contributed by atoms with E-state index in [1.165, 1.54) is 0 Å². The van der Waals surface area contributed by atoms with E-state index in [1.807, 2.05) is 23.1 Å². The van der Waals surface area contributed by atoms with E-state index >= 15 is 0 Å². The molecule has 0 unspecified atom stereocenters. The third-order valence-corrected chi connectivity index (χ3v) is 5.88. The molecule has 2 aliphatic heterocycles. The third kappa shape index (κ3) is 5.11. The number of nitrogens with one attached hydrogen (secondary N) is 1. The van der Waals surface area contributed by atoms with Crippen molar-refractivity contribution in [2.45, 2.75) is 12.8 Å². The molecule has 0 saturated carbocycles. The maximum absolute atomic E-state index is 12.9. The number of morpholine rings is 1. The first kappa shape index (κ1) is 21.1. The summed E-state index contributed by atoms with van der Waals surface area (Å²) >= 11 is 0. The quantitative estimate of drug-likeness (QED) is 0.823. The van der Waals surface area contributed by atoms with Crippen LogP contribution in [0.5, 0.6) is 0 Å². The molecule has 3 amide bonds. The summed E-state index contributed by atoms with van der Waals surface area (Å²) in [6.07, 6.45) is 1.38. The van der Waals surface area contributed by atoms with E-state index in [0.29, 0.717) is 69.0 Å². The van der Waals surface area contributed by atoms with Crippen molar-refractivity contribution in [2.24, 2.45) is 5.92 Å². The van der Waals surface area contributed by atoms with Gasteiger partial charge in [0.15, 0.2) is 0 Å². The van der Waals surface area contributed by atoms with Gasteiger partial charge in [-0.15, -0.1) is 0 Å². The predicted octanol–water partition coefficient (Wildman–Crippen LogP) is 2.65. The third-order valence-electron chi connectivity index (χ3n) is 5.88. The van der Waals surface area contributed by atoms with Crippen molar-refractivity contribution in [3.05, 3.63) is 65.7 Å². The van der Waals surface area contributed by atoms with Crippen LogP contribution in [-0.2, 0) is 9.53 Å². The van der Waals surface area contributed by atoms with Crippen LogP contribution in [0.4, 0.5) is 5.69 Å². The van der Waals surface area contributed by atoms with Crippen molar-refractivity contribution >= 4 is 23.4 Å². The van der Waals surface area contributed by atoms with Gasteiger partial charge >= 0.3 is 0 Å². The minimum absolute atomic E-state index is 0.0160. The first-order chi connectivity index (χ1) is 15.1. The van der Waals surface area contributed by atoms with Crippen LogP contribution < -0.4 is 5.32 Å². The fourth-order valence-corrected chi connectivity index (χ4v) is 4.04. The Kier molecular flexibility index (Phi) is 6.62. The number of ether oxygens (including phenoxy) is 1. The smallest absolute Gasteiger partial charge is 0.255 e. The summed E-state index contributed by atoms with van der Waals surface area (Å²) in [7, 11) is 0. The van der Waals surface area contributed by atoms with E-state index < -0.39 is 0 Å². The molecule has 2 heterocycles. The van der Waals surface area contributed by atoms with Crippen molar-refractivity contribution < 1.29 is 19.1 Å². The van der Waals surface area contributed by atoms with Crippen molar-refractivity contribution in [1.82, 2.24) is 9.80 Å². The van der Waals surface area contributed by atoms with Gasteiger partial charge in [0, 0.05) is 48.9 Å². The minimum Gasteiger partial charge on any atom is -0.378 e. The van der Waals surface area contributed by atoms with E-state index in [1.54, 1.807) is 41.3 Å². The molecule has 2 fully saturated rings. The van der Waals surface area contributed by atoms with Gasteiger partial charge in [-0.1, -0.05) is 18.2 Å². The molecule has 2 aliphatic rings. The van der Waals surface area contributed by atoms with Crippen molar-refractivity contribution in [1.29, 1.82) is 0 Å². The Morgan fingerprint density at radius 3 is 2.06 bits per heavy atom. The fraction of sp³-hybridized carbons (Fsp3) is 0.375. The summed E-state index contributed by atoms with van der Waals surface area (Å²) in [4.78, 5) is 41.5. The lowest BCUT2D eigenvalue weighted by Gasteiger charge is -2.35. The molecule has 0 radical (unpaired) electrons. The van der Waals surface area contributed by atoms with Gasteiger partial charge in [-0.05, 0) is 49.2 Å². The summed E-state index contributed by atoms with van der Waals surface area (Å²) in [5, 5.41) is 2.84. The minimum atomic E-state index is -0.188. The Morgan fingerprint density at radius 2 is 1.42 bits per heavy atom. The molecule has 0 bridgehead atoms. The zero-order valence-electron chi connectivity index (χ0n) is 17.5. The Hall–Kier alpha value is -3.19. The molecule has 7 nitrogen and oxygen atoms in total. The van der Waals surface area contributed by atoms with Gasteiger partial charge in [-0.3, -0.25) is 14.4 Å². The first-order valence-corrected chi connectivity index (χ1v) is 10.7. The highest BCUT2D eigenvalue weighted by molar-refractivity contribution is 6.04. The van der Waals surface area contributed by atoms with Gasteiger partial charge in [-0.25, -0.2) is 0 Å². The van der Waals surface area contributed by atoms with E-state index in [0.717, 1.165) is 0 Å². The largest absolute Gasteiger partial charge is 0.378 e. The molecular weight excluding hydrogens is 394 g/mol. The van der Waals surface area contributed by atoms with Crippen LogP contribution in [0, 0.1) is 5.92 Å². The average Bonchev–Trinajstić information content (AvgIpc) is 2.85. The second kappa shape index (κ2) is 9.75. The lowest BCUT2D eigenvalue weighted by Crippen LogP contribution is -2.47. The number of carbonyl (C=O) groups is 3.